The van der Waals surface area contributed by atoms with Gasteiger partial charge in [0.1, 0.15) is 5.75 Å². The van der Waals surface area contributed by atoms with Crippen molar-refractivity contribution in [2.75, 3.05) is 0 Å². The first-order chi connectivity index (χ1) is 9.95. The van der Waals surface area contributed by atoms with Gasteiger partial charge >= 0.3 is 0 Å². The SMILES string of the molecule is O=C1/C(=C/c2cc(O)c(O)c(O)c2)Cc2ccc(O)cc21. The van der Waals surface area contributed by atoms with Crippen LogP contribution in [0.3, 0.4) is 0 Å². The van der Waals surface area contributed by atoms with E-state index in [4.69, 9.17) is 0 Å². The zero-order valence-corrected chi connectivity index (χ0v) is 10.9. The summed E-state index contributed by atoms with van der Waals surface area (Å²) in [5.74, 6) is -1.68. The smallest absolute Gasteiger partial charge is 0.200 e. The van der Waals surface area contributed by atoms with Gasteiger partial charge in [-0.25, -0.2) is 0 Å². The van der Waals surface area contributed by atoms with Gasteiger partial charge < -0.3 is 20.4 Å². The number of carbonyl (C=O) groups is 1. The van der Waals surface area contributed by atoms with E-state index in [0.717, 1.165) is 5.56 Å². The Bertz CT molecular complexity index is 766. The number of aromatic hydroxyl groups is 4. The fourth-order valence-electron chi connectivity index (χ4n) is 2.41. The highest BCUT2D eigenvalue weighted by Gasteiger charge is 2.25. The number of hydrogen-bond donors (Lipinski definition) is 4. The van der Waals surface area contributed by atoms with Gasteiger partial charge in [0, 0.05) is 17.6 Å². The molecule has 0 saturated carbocycles. The molecule has 0 aromatic heterocycles. The molecule has 0 saturated heterocycles. The Balaban J connectivity index is 2.02. The second kappa shape index (κ2) is 4.56. The molecule has 0 aliphatic heterocycles. The maximum absolute atomic E-state index is 12.2. The molecule has 106 valence electrons. The number of allylic oxidation sites excluding steroid dienone is 1. The zero-order valence-electron chi connectivity index (χ0n) is 10.9. The Labute approximate surface area is 120 Å². The van der Waals surface area contributed by atoms with Crippen LogP contribution in [0.4, 0.5) is 0 Å². The molecule has 2 aromatic carbocycles. The molecule has 5 nitrogen and oxygen atoms in total. The molecule has 0 fully saturated rings. The Hall–Kier alpha value is -2.95. The maximum Gasteiger partial charge on any atom is 0.200 e. The predicted molar refractivity (Wildman–Crippen MR) is 75.6 cm³/mol. The number of rotatable bonds is 1. The highest BCUT2D eigenvalue weighted by Crippen LogP contribution is 2.37. The third-order valence-electron chi connectivity index (χ3n) is 3.44. The molecule has 0 radical (unpaired) electrons. The first-order valence-corrected chi connectivity index (χ1v) is 6.28. The number of hydrogen-bond acceptors (Lipinski definition) is 5. The Morgan fingerprint density at radius 3 is 2.29 bits per heavy atom. The highest BCUT2D eigenvalue weighted by atomic mass is 16.3. The van der Waals surface area contributed by atoms with Gasteiger partial charge in [-0.15, -0.1) is 0 Å². The van der Waals surface area contributed by atoms with Crippen LogP contribution in [0.1, 0.15) is 21.5 Å². The van der Waals surface area contributed by atoms with Crippen molar-refractivity contribution >= 4 is 11.9 Å². The number of benzene rings is 2. The van der Waals surface area contributed by atoms with Crippen molar-refractivity contribution < 1.29 is 25.2 Å². The number of fused-ring (bicyclic) bond motifs is 1. The molecule has 3 rings (SSSR count). The van der Waals surface area contributed by atoms with Gasteiger partial charge in [0.25, 0.3) is 0 Å². The van der Waals surface area contributed by atoms with E-state index in [1.54, 1.807) is 6.07 Å². The predicted octanol–water partition coefficient (Wildman–Crippen LogP) is 2.33. The van der Waals surface area contributed by atoms with E-state index in [1.165, 1.54) is 30.3 Å². The molecule has 0 amide bonds. The molecular weight excluding hydrogens is 272 g/mol. The first kappa shape index (κ1) is 13.1. The maximum atomic E-state index is 12.2. The summed E-state index contributed by atoms with van der Waals surface area (Å²) >= 11 is 0. The molecule has 0 bridgehead atoms. The summed E-state index contributed by atoms with van der Waals surface area (Å²) in [6.45, 7) is 0. The Morgan fingerprint density at radius 2 is 1.62 bits per heavy atom. The minimum absolute atomic E-state index is 0.0308. The van der Waals surface area contributed by atoms with E-state index in [-0.39, 0.29) is 11.5 Å². The molecule has 0 unspecified atom stereocenters. The molecular formula is C16H12O5. The van der Waals surface area contributed by atoms with Gasteiger partial charge in [0.05, 0.1) is 0 Å². The third kappa shape index (κ3) is 2.18. The van der Waals surface area contributed by atoms with Crippen molar-refractivity contribution in [3.8, 4) is 23.0 Å². The van der Waals surface area contributed by atoms with Crippen LogP contribution in [0.5, 0.6) is 23.0 Å². The van der Waals surface area contributed by atoms with E-state index >= 15 is 0 Å². The lowest BCUT2D eigenvalue weighted by molar-refractivity contribution is 0.104. The van der Waals surface area contributed by atoms with E-state index in [0.29, 0.717) is 23.1 Å². The largest absolute Gasteiger partial charge is 0.508 e. The molecule has 0 spiro atoms. The number of phenolic OH excluding ortho intramolecular Hbond substituents is 4. The van der Waals surface area contributed by atoms with Crippen LogP contribution >= 0.6 is 0 Å². The fourth-order valence-corrected chi connectivity index (χ4v) is 2.41. The highest BCUT2D eigenvalue weighted by molar-refractivity contribution is 6.15. The van der Waals surface area contributed by atoms with Crippen molar-refractivity contribution in [2.24, 2.45) is 0 Å². The van der Waals surface area contributed by atoms with Gasteiger partial charge in [0.2, 0.25) is 0 Å². The number of ketones is 1. The quantitative estimate of drug-likeness (QED) is 0.476. The molecule has 0 atom stereocenters. The average molecular weight is 284 g/mol. The summed E-state index contributed by atoms with van der Waals surface area (Å²) < 4.78 is 0. The van der Waals surface area contributed by atoms with Crippen LogP contribution in [-0.2, 0) is 6.42 Å². The summed E-state index contributed by atoms with van der Waals surface area (Å²) in [6.07, 6.45) is 1.95. The average Bonchev–Trinajstić information content (AvgIpc) is 2.73. The molecule has 5 heteroatoms. The number of phenols is 4. The summed E-state index contributed by atoms with van der Waals surface area (Å²) in [4.78, 5) is 12.2. The van der Waals surface area contributed by atoms with Crippen molar-refractivity contribution in [3.05, 3.63) is 52.6 Å². The molecule has 21 heavy (non-hydrogen) atoms. The Morgan fingerprint density at radius 1 is 0.952 bits per heavy atom. The van der Waals surface area contributed by atoms with E-state index in [2.05, 4.69) is 0 Å². The summed E-state index contributed by atoms with van der Waals surface area (Å²) in [5, 5.41) is 37.7. The second-order valence-corrected chi connectivity index (χ2v) is 4.92. The Kier molecular flexibility index (Phi) is 2.83. The van der Waals surface area contributed by atoms with Crippen molar-refractivity contribution in [2.45, 2.75) is 6.42 Å². The fraction of sp³-hybridized carbons (Fsp3) is 0.0625. The van der Waals surface area contributed by atoms with Crippen LogP contribution in [0, 0.1) is 0 Å². The van der Waals surface area contributed by atoms with Gasteiger partial charge in [0.15, 0.2) is 23.0 Å². The molecule has 4 N–H and O–H groups in total. The van der Waals surface area contributed by atoms with E-state index in [1.807, 2.05) is 0 Å². The van der Waals surface area contributed by atoms with E-state index in [9.17, 15) is 25.2 Å². The minimum Gasteiger partial charge on any atom is -0.508 e. The normalized spacial score (nSPS) is 15.4. The van der Waals surface area contributed by atoms with Crippen LogP contribution < -0.4 is 0 Å². The van der Waals surface area contributed by atoms with Crippen LogP contribution in [0.25, 0.3) is 6.08 Å². The van der Waals surface area contributed by atoms with Gasteiger partial charge in [-0.1, -0.05) is 6.07 Å². The summed E-state index contributed by atoms with van der Waals surface area (Å²) in [7, 11) is 0. The second-order valence-electron chi connectivity index (χ2n) is 4.92. The monoisotopic (exact) mass is 284 g/mol. The molecule has 0 heterocycles. The van der Waals surface area contributed by atoms with Crippen LogP contribution in [0.15, 0.2) is 35.9 Å². The van der Waals surface area contributed by atoms with Gasteiger partial charge in [-0.2, -0.15) is 0 Å². The van der Waals surface area contributed by atoms with Crippen LogP contribution in [0.2, 0.25) is 0 Å². The van der Waals surface area contributed by atoms with Gasteiger partial charge in [-0.3, -0.25) is 4.79 Å². The van der Waals surface area contributed by atoms with E-state index < -0.39 is 17.2 Å². The molecule has 1 aliphatic carbocycles. The number of Topliss-reactive ketones (excluding diaryl/α,β-unsaturated/α-hetero) is 1. The van der Waals surface area contributed by atoms with Crippen LogP contribution in [-0.4, -0.2) is 26.2 Å². The van der Waals surface area contributed by atoms with Crippen molar-refractivity contribution in [1.82, 2.24) is 0 Å². The van der Waals surface area contributed by atoms with Crippen molar-refractivity contribution in [3.63, 3.8) is 0 Å². The topological polar surface area (TPSA) is 98.0 Å². The summed E-state index contributed by atoms with van der Waals surface area (Å²) in [5.41, 5.74) is 2.16. The lowest BCUT2D eigenvalue weighted by Crippen LogP contribution is -1.95. The third-order valence-corrected chi connectivity index (χ3v) is 3.44. The van der Waals surface area contributed by atoms with Crippen molar-refractivity contribution in [1.29, 1.82) is 0 Å². The minimum atomic E-state index is -0.594. The summed E-state index contributed by atoms with van der Waals surface area (Å²) in [6, 6.07) is 7.15. The lowest BCUT2D eigenvalue weighted by Gasteiger charge is -2.03. The lowest BCUT2D eigenvalue weighted by atomic mass is 10.1. The molecule has 2 aromatic rings. The standard InChI is InChI=1S/C16H12O5/c17-11-2-1-9-6-10(15(20)12(9)7-11)3-8-4-13(18)16(21)14(19)5-8/h1-5,7,17-19,21H,6H2/b10-3+. The number of carbonyl (C=O) groups excluding carboxylic acids is 1. The van der Waals surface area contributed by atoms with Gasteiger partial charge in [-0.05, 0) is 41.5 Å². The zero-order chi connectivity index (χ0) is 15.1. The first-order valence-electron chi connectivity index (χ1n) is 6.28. The molecule has 1 aliphatic rings.